The summed E-state index contributed by atoms with van der Waals surface area (Å²) in [4.78, 5) is 22.1. The van der Waals surface area contributed by atoms with E-state index in [1.54, 1.807) is 25.4 Å². The van der Waals surface area contributed by atoms with Crippen LogP contribution in [0.25, 0.3) is 0 Å². The fraction of sp³-hybridized carbons (Fsp3) is 0.318. The molecule has 2 aromatic heterocycles. The van der Waals surface area contributed by atoms with Crippen LogP contribution >= 0.6 is 11.3 Å². The van der Waals surface area contributed by atoms with E-state index >= 15 is 0 Å². The van der Waals surface area contributed by atoms with Gasteiger partial charge in [-0.15, -0.1) is 11.3 Å². The van der Waals surface area contributed by atoms with Gasteiger partial charge in [-0.25, -0.2) is 9.97 Å². The molecule has 0 aliphatic carbocycles. The highest BCUT2D eigenvalue weighted by Gasteiger charge is 2.23. The second-order valence-electron chi connectivity index (χ2n) is 7.78. The number of benzene rings is 1. The molecule has 1 amide bonds. The van der Waals surface area contributed by atoms with Crippen molar-refractivity contribution in [2.75, 3.05) is 12.4 Å². The second kappa shape index (κ2) is 8.21. The van der Waals surface area contributed by atoms with Crippen molar-refractivity contribution in [2.45, 2.75) is 40.0 Å². The van der Waals surface area contributed by atoms with Gasteiger partial charge in [-0.2, -0.15) is 0 Å². The zero-order valence-electron chi connectivity index (χ0n) is 17.5. The van der Waals surface area contributed by atoms with Crippen LogP contribution in [-0.2, 0) is 5.41 Å². The Morgan fingerprint density at radius 3 is 2.45 bits per heavy atom. The van der Waals surface area contributed by atoms with E-state index in [1.807, 2.05) is 32.0 Å². The quantitative estimate of drug-likeness (QED) is 0.600. The van der Waals surface area contributed by atoms with Crippen LogP contribution in [0.15, 0.2) is 36.5 Å². The molecule has 152 valence electrons. The molecule has 0 fully saturated rings. The molecular formula is C22H25N3O3S. The van der Waals surface area contributed by atoms with Gasteiger partial charge in [-0.3, -0.25) is 4.79 Å². The Bertz CT molecular complexity index is 1020. The molecule has 1 N–H and O–H groups in total. The average molecular weight is 412 g/mol. The predicted octanol–water partition coefficient (Wildman–Crippen LogP) is 5.51. The number of pyridine rings is 1. The molecule has 1 aromatic carbocycles. The zero-order valence-corrected chi connectivity index (χ0v) is 18.3. The van der Waals surface area contributed by atoms with Gasteiger partial charge in [0.15, 0.2) is 11.5 Å². The van der Waals surface area contributed by atoms with E-state index < -0.39 is 0 Å². The lowest BCUT2D eigenvalue weighted by Gasteiger charge is -2.13. The number of hydrogen-bond donors (Lipinski definition) is 1. The third-order valence-corrected chi connectivity index (χ3v) is 5.75. The van der Waals surface area contributed by atoms with E-state index in [-0.39, 0.29) is 11.3 Å². The first kappa shape index (κ1) is 20.8. The van der Waals surface area contributed by atoms with Crippen molar-refractivity contribution in [1.82, 2.24) is 9.97 Å². The SMILES string of the molecule is COc1cc(C)ccc1Oc1ccc(NC(=O)c2sc(C(C)(C)C)nc2C)cn1. The Balaban J connectivity index is 1.71. The number of aryl methyl sites for hydroxylation is 2. The number of carbonyl (C=O) groups excluding carboxylic acids is 1. The van der Waals surface area contributed by atoms with Crippen LogP contribution in [0.5, 0.6) is 17.4 Å². The van der Waals surface area contributed by atoms with E-state index in [9.17, 15) is 4.79 Å². The largest absolute Gasteiger partial charge is 0.493 e. The normalized spacial score (nSPS) is 11.2. The summed E-state index contributed by atoms with van der Waals surface area (Å²) in [6.07, 6.45) is 1.56. The maximum Gasteiger partial charge on any atom is 0.267 e. The first-order valence-electron chi connectivity index (χ1n) is 9.25. The standard InChI is InChI=1S/C22H25N3O3S/c1-13-7-9-16(17(11-13)27-6)28-18-10-8-15(12-23-18)25-20(26)19-14(2)24-21(29-19)22(3,4)5/h7-12H,1-6H3,(H,25,26). The second-order valence-corrected chi connectivity index (χ2v) is 8.78. The number of nitrogens with one attached hydrogen (secondary N) is 1. The summed E-state index contributed by atoms with van der Waals surface area (Å²) in [5, 5.41) is 3.81. The number of methoxy groups -OCH3 is 1. The Morgan fingerprint density at radius 2 is 1.86 bits per heavy atom. The van der Waals surface area contributed by atoms with E-state index in [2.05, 4.69) is 36.1 Å². The van der Waals surface area contributed by atoms with Gasteiger partial charge < -0.3 is 14.8 Å². The Hall–Kier alpha value is -2.93. The number of ether oxygens (including phenoxy) is 2. The molecule has 3 aromatic rings. The van der Waals surface area contributed by atoms with Crippen LogP contribution in [0.2, 0.25) is 0 Å². The van der Waals surface area contributed by atoms with Gasteiger partial charge in [0.05, 0.1) is 29.7 Å². The summed E-state index contributed by atoms with van der Waals surface area (Å²) in [6.45, 7) is 10.1. The summed E-state index contributed by atoms with van der Waals surface area (Å²) in [5.41, 5.74) is 2.30. The molecule has 0 saturated carbocycles. The smallest absolute Gasteiger partial charge is 0.267 e. The highest BCUT2D eigenvalue weighted by atomic mass is 32.1. The minimum absolute atomic E-state index is 0.0917. The van der Waals surface area contributed by atoms with Crippen molar-refractivity contribution < 1.29 is 14.3 Å². The number of thiazole rings is 1. The van der Waals surface area contributed by atoms with Crippen molar-refractivity contribution in [1.29, 1.82) is 0 Å². The minimum Gasteiger partial charge on any atom is -0.493 e. The van der Waals surface area contributed by atoms with Crippen molar-refractivity contribution in [2.24, 2.45) is 0 Å². The molecule has 0 aliphatic heterocycles. The topological polar surface area (TPSA) is 73.3 Å². The Labute approximate surface area is 174 Å². The van der Waals surface area contributed by atoms with Crippen LogP contribution in [-0.4, -0.2) is 23.0 Å². The number of anilines is 1. The third-order valence-electron chi connectivity index (χ3n) is 4.17. The number of aromatic nitrogens is 2. The van der Waals surface area contributed by atoms with Crippen LogP contribution in [0.3, 0.4) is 0 Å². The van der Waals surface area contributed by atoms with Crippen LogP contribution in [0.1, 0.15) is 46.7 Å². The van der Waals surface area contributed by atoms with Gasteiger partial charge in [-0.05, 0) is 37.6 Å². The molecule has 2 heterocycles. The maximum atomic E-state index is 12.7. The fourth-order valence-electron chi connectivity index (χ4n) is 2.60. The highest BCUT2D eigenvalue weighted by Crippen LogP contribution is 2.32. The molecule has 7 heteroatoms. The Kier molecular flexibility index (Phi) is 5.88. The molecule has 0 saturated heterocycles. The highest BCUT2D eigenvalue weighted by molar-refractivity contribution is 7.14. The molecule has 0 radical (unpaired) electrons. The summed E-state index contributed by atoms with van der Waals surface area (Å²) in [6, 6.07) is 9.13. The lowest BCUT2D eigenvalue weighted by atomic mass is 9.98. The van der Waals surface area contributed by atoms with Crippen molar-refractivity contribution >= 4 is 22.9 Å². The van der Waals surface area contributed by atoms with E-state index in [1.165, 1.54) is 11.3 Å². The molecule has 0 unspecified atom stereocenters. The third kappa shape index (κ3) is 4.92. The fourth-order valence-corrected chi connectivity index (χ4v) is 3.62. The van der Waals surface area contributed by atoms with Crippen LogP contribution < -0.4 is 14.8 Å². The average Bonchev–Trinajstić information content (AvgIpc) is 3.07. The van der Waals surface area contributed by atoms with Crippen molar-refractivity contribution in [3.8, 4) is 17.4 Å². The lowest BCUT2D eigenvalue weighted by molar-refractivity contribution is 0.102. The molecule has 29 heavy (non-hydrogen) atoms. The summed E-state index contributed by atoms with van der Waals surface area (Å²) >= 11 is 1.42. The van der Waals surface area contributed by atoms with Gasteiger partial charge in [0.2, 0.25) is 5.88 Å². The van der Waals surface area contributed by atoms with Gasteiger partial charge in [0.25, 0.3) is 5.91 Å². The van der Waals surface area contributed by atoms with E-state index in [4.69, 9.17) is 9.47 Å². The van der Waals surface area contributed by atoms with Gasteiger partial charge in [-0.1, -0.05) is 26.8 Å². The van der Waals surface area contributed by atoms with Crippen molar-refractivity contribution in [3.63, 3.8) is 0 Å². The predicted molar refractivity (Wildman–Crippen MR) is 116 cm³/mol. The summed E-state index contributed by atoms with van der Waals surface area (Å²) < 4.78 is 11.1. The first-order chi connectivity index (χ1) is 13.7. The molecule has 3 rings (SSSR count). The first-order valence-corrected chi connectivity index (χ1v) is 10.1. The Morgan fingerprint density at radius 1 is 1.10 bits per heavy atom. The lowest BCUT2D eigenvalue weighted by Crippen LogP contribution is -2.11. The van der Waals surface area contributed by atoms with Crippen molar-refractivity contribution in [3.05, 3.63) is 57.7 Å². The monoisotopic (exact) mass is 411 g/mol. The summed E-state index contributed by atoms with van der Waals surface area (Å²) in [5.74, 6) is 1.44. The minimum atomic E-state index is -0.189. The zero-order chi connectivity index (χ0) is 21.2. The number of nitrogens with zero attached hydrogens (tertiary/aromatic N) is 2. The van der Waals surface area contributed by atoms with Crippen LogP contribution in [0.4, 0.5) is 5.69 Å². The molecule has 0 aliphatic rings. The number of carbonyl (C=O) groups is 1. The molecule has 0 spiro atoms. The van der Waals surface area contributed by atoms with E-state index in [0.717, 1.165) is 16.3 Å². The van der Waals surface area contributed by atoms with Gasteiger partial charge in [0.1, 0.15) is 4.88 Å². The van der Waals surface area contributed by atoms with Gasteiger partial charge >= 0.3 is 0 Å². The maximum absolute atomic E-state index is 12.7. The molecule has 6 nitrogen and oxygen atoms in total. The van der Waals surface area contributed by atoms with Crippen LogP contribution in [0, 0.1) is 13.8 Å². The number of rotatable bonds is 5. The van der Waals surface area contributed by atoms with E-state index in [0.29, 0.717) is 27.9 Å². The summed E-state index contributed by atoms with van der Waals surface area (Å²) in [7, 11) is 1.60. The number of amides is 1. The van der Waals surface area contributed by atoms with Gasteiger partial charge in [0, 0.05) is 11.5 Å². The number of hydrogen-bond acceptors (Lipinski definition) is 6. The molecular weight excluding hydrogens is 386 g/mol. The molecule has 0 atom stereocenters. The molecule has 0 bridgehead atoms.